The maximum absolute atomic E-state index is 9.70. The average Bonchev–Trinajstić information content (AvgIpc) is 2.83. The standard InChI is InChI=1S/C20H24O/c1-3-14-5-9-19-18-7-4-13-12-15(21)6-8-16(13)17(18)10-11-20(14,19)2/h3-4,6-8,12,17-19,21H,5,9-11H2,1-2H3/b14-3-. The lowest BCUT2D eigenvalue weighted by atomic mass is 9.56. The van der Waals surface area contributed by atoms with E-state index >= 15 is 0 Å². The maximum Gasteiger partial charge on any atom is 0.116 e. The van der Waals surface area contributed by atoms with Crippen LogP contribution in [0.5, 0.6) is 5.75 Å². The van der Waals surface area contributed by atoms with Crippen molar-refractivity contribution in [1.29, 1.82) is 0 Å². The lowest BCUT2D eigenvalue weighted by molar-refractivity contribution is 0.121. The minimum Gasteiger partial charge on any atom is -0.508 e. The van der Waals surface area contributed by atoms with Gasteiger partial charge in [0.15, 0.2) is 0 Å². The Morgan fingerprint density at radius 1 is 1.29 bits per heavy atom. The highest BCUT2D eigenvalue weighted by Crippen LogP contribution is 2.62. The molecule has 1 aromatic carbocycles. The third-order valence-electron chi connectivity index (χ3n) is 6.50. The van der Waals surface area contributed by atoms with E-state index in [1.807, 2.05) is 12.1 Å². The zero-order valence-corrected chi connectivity index (χ0v) is 13.0. The smallest absolute Gasteiger partial charge is 0.116 e. The fourth-order valence-corrected chi connectivity index (χ4v) is 5.41. The molecular formula is C20H24O. The molecule has 0 heterocycles. The number of benzene rings is 1. The Morgan fingerprint density at radius 3 is 2.95 bits per heavy atom. The van der Waals surface area contributed by atoms with Crippen LogP contribution in [0.1, 0.15) is 56.6 Å². The first-order valence-electron chi connectivity index (χ1n) is 8.30. The minimum absolute atomic E-state index is 0.384. The van der Waals surface area contributed by atoms with E-state index in [9.17, 15) is 5.11 Å². The van der Waals surface area contributed by atoms with Crippen LogP contribution in [0.15, 0.2) is 35.9 Å². The molecule has 1 N–H and O–H groups in total. The summed E-state index contributed by atoms with van der Waals surface area (Å²) >= 11 is 0. The molecule has 4 unspecified atom stereocenters. The van der Waals surface area contributed by atoms with E-state index in [4.69, 9.17) is 0 Å². The van der Waals surface area contributed by atoms with Crippen molar-refractivity contribution in [2.24, 2.45) is 17.3 Å². The van der Waals surface area contributed by atoms with Gasteiger partial charge in [-0.3, -0.25) is 0 Å². The van der Waals surface area contributed by atoms with Crippen LogP contribution in [0.2, 0.25) is 0 Å². The summed E-state index contributed by atoms with van der Waals surface area (Å²) in [4.78, 5) is 0. The summed E-state index contributed by atoms with van der Waals surface area (Å²) in [6.45, 7) is 4.71. The highest BCUT2D eigenvalue weighted by molar-refractivity contribution is 5.61. The van der Waals surface area contributed by atoms with Gasteiger partial charge in [-0.05, 0) is 79.0 Å². The Hall–Kier alpha value is -1.50. The van der Waals surface area contributed by atoms with Crippen molar-refractivity contribution in [3.05, 3.63) is 47.1 Å². The van der Waals surface area contributed by atoms with Crippen molar-refractivity contribution < 1.29 is 5.11 Å². The van der Waals surface area contributed by atoms with Gasteiger partial charge in [0.2, 0.25) is 0 Å². The Balaban J connectivity index is 1.75. The highest BCUT2D eigenvalue weighted by atomic mass is 16.3. The van der Waals surface area contributed by atoms with Gasteiger partial charge in [-0.15, -0.1) is 0 Å². The largest absolute Gasteiger partial charge is 0.508 e. The van der Waals surface area contributed by atoms with E-state index in [0.717, 1.165) is 5.92 Å². The lowest BCUT2D eigenvalue weighted by Gasteiger charge is -2.47. The van der Waals surface area contributed by atoms with Gasteiger partial charge in [0.1, 0.15) is 5.75 Å². The summed E-state index contributed by atoms with van der Waals surface area (Å²) in [5.74, 6) is 2.51. The van der Waals surface area contributed by atoms with Crippen molar-refractivity contribution in [1.82, 2.24) is 0 Å². The van der Waals surface area contributed by atoms with Gasteiger partial charge < -0.3 is 5.11 Å². The second-order valence-corrected chi connectivity index (χ2v) is 7.27. The predicted molar refractivity (Wildman–Crippen MR) is 87.2 cm³/mol. The summed E-state index contributed by atoms with van der Waals surface area (Å²) in [6.07, 6.45) is 12.3. The third-order valence-corrected chi connectivity index (χ3v) is 6.50. The van der Waals surface area contributed by atoms with E-state index < -0.39 is 0 Å². The van der Waals surface area contributed by atoms with Gasteiger partial charge in [0.05, 0.1) is 0 Å². The van der Waals surface area contributed by atoms with Gasteiger partial charge in [0.25, 0.3) is 0 Å². The van der Waals surface area contributed by atoms with Crippen LogP contribution in [0, 0.1) is 17.3 Å². The number of aromatic hydroxyl groups is 1. The predicted octanol–water partition coefficient (Wildman–Crippen LogP) is 5.28. The molecule has 1 heteroatoms. The fourth-order valence-electron chi connectivity index (χ4n) is 5.41. The molecule has 2 saturated carbocycles. The topological polar surface area (TPSA) is 20.2 Å². The summed E-state index contributed by atoms with van der Waals surface area (Å²) in [6, 6.07) is 5.93. The first kappa shape index (κ1) is 13.2. The Bertz CT molecular complexity index is 639. The molecule has 1 nitrogen and oxygen atoms in total. The molecule has 0 amide bonds. The molecule has 0 aliphatic heterocycles. The molecule has 3 aliphatic carbocycles. The molecule has 0 aromatic heterocycles. The van der Waals surface area contributed by atoms with Crippen molar-refractivity contribution in [3.8, 4) is 5.75 Å². The van der Waals surface area contributed by atoms with Crippen LogP contribution >= 0.6 is 0 Å². The molecular weight excluding hydrogens is 256 g/mol. The monoisotopic (exact) mass is 280 g/mol. The SMILES string of the molecule is C/C=C1/CCC2C3C=Cc4cc(O)ccc4C3CCC12C. The van der Waals surface area contributed by atoms with Crippen LogP contribution in [-0.4, -0.2) is 5.11 Å². The number of hydrogen-bond donors (Lipinski definition) is 1. The van der Waals surface area contributed by atoms with Gasteiger partial charge >= 0.3 is 0 Å². The highest BCUT2D eigenvalue weighted by Gasteiger charge is 2.51. The van der Waals surface area contributed by atoms with Gasteiger partial charge in [0, 0.05) is 0 Å². The first-order valence-corrected chi connectivity index (χ1v) is 8.30. The summed E-state index contributed by atoms with van der Waals surface area (Å²) in [7, 11) is 0. The molecule has 0 saturated heterocycles. The minimum atomic E-state index is 0.384. The number of allylic oxidation sites excluding steroid dienone is 3. The van der Waals surface area contributed by atoms with Gasteiger partial charge in [-0.25, -0.2) is 0 Å². The maximum atomic E-state index is 9.70. The van der Waals surface area contributed by atoms with Crippen LogP contribution in [0.3, 0.4) is 0 Å². The molecule has 4 rings (SSSR count). The first-order chi connectivity index (χ1) is 10.1. The van der Waals surface area contributed by atoms with E-state index in [1.165, 1.54) is 36.8 Å². The van der Waals surface area contributed by atoms with Crippen LogP contribution in [0.4, 0.5) is 0 Å². The van der Waals surface area contributed by atoms with Crippen LogP contribution in [-0.2, 0) is 0 Å². The molecule has 110 valence electrons. The number of hydrogen-bond acceptors (Lipinski definition) is 1. The normalized spacial score (nSPS) is 39.0. The van der Waals surface area contributed by atoms with E-state index in [2.05, 4.69) is 38.1 Å². The molecule has 2 fully saturated rings. The Morgan fingerprint density at radius 2 is 2.14 bits per heavy atom. The number of phenols is 1. The zero-order valence-electron chi connectivity index (χ0n) is 13.0. The van der Waals surface area contributed by atoms with Crippen molar-refractivity contribution in [2.45, 2.75) is 45.4 Å². The Labute approximate surface area is 127 Å². The quantitative estimate of drug-likeness (QED) is 0.641. The molecule has 3 aliphatic rings. The summed E-state index contributed by atoms with van der Waals surface area (Å²) in [5, 5.41) is 9.70. The lowest BCUT2D eigenvalue weighted by Crippen LogP contribution is -2.38. The number of rotatable bonds is 0. The molecule has 0 spiro atoms. The van der Waals surface area contributed by atoms with Gasteiger partial charge in [-0.2, -0.15) is 0 Å². The van der Waals surface area contributed by atoms with E-state index in [-0.39, 0.29) is 0 Å². The van der Waals surface area contributed by atoms with Crippen LogP contribution < -0.4 is 0 Å². The van der Waals surface area contributed by atoms with E-state index in [1.54, 1.807) is 5.57 Å². The van der Waals surface area contributed by atoms with Gasteiger partial charge in [-0.1, -0.05) is 36.8 Å². The molecule has 0 bridgehead atoms. The zero-order chi connectivity index (χ0) is 14.6. The second-order valence-electron chi connectivity index (χ2n) is 7.27. The number of phenolic OH excluding ortho intramolecular Hbond substituents is 1. The molecule has 0 radical (unpaired) electrons. The third kappa shape index (κ3) is 1.76. The summed E-state index contributed by atoms with van der Waals surface area (Å²) in [5.41, 5.74) is 4.80. The van der Waals surface area contributed by atoms with Crippen molar-refractivity contribution in [2.75, 3.05) is 0 Å². The second kappa shape index (κ2) is 4.50. The molecule has 1 aromatic rings. The number of fused-ring (bicyclic) bond motifs is 5. The van der Waals surface area contributed by atoms with Crippen molar-refractivity contribution in [3.63, 3.8) is 0 Å². The fraction of sp³-hybridized carbons (Fsp3) is 0.500. The average molecular weight is 280 g/mol. The molecule has 21 heavy (non-hydrogen) atoms. The molecule has 4 atom stereocenters. The Kier molecular flexibility index (Phi) is 2.82. The van der Waals surface area contributed by atoms with Crippen LogP contribution in [0.25, 0.3) is 6.08 Å². The van der Waals surface area contributed by atoms with E-state index in [0.29, 0.717) is 23.0 Å². The van der Waals surface area contributed by atoms with Crippen molar-refractivity contribution >= 4 is 6.08 Å². The summed E-state index contributed by atoms with van der Waals surface area (Å²) < 4.78 is 0.